The van der Waals surface area contributed by atoms with E-state index in [0.29, 0.717) is 5.82 Å². The van der Waals surface area contributed by atoms with Crippen molar-refractivity contribution >= 4 is 35.7 Å². The lowest BCUT2D eigenvalue weighted by atomic mass is 10.3. The Labute approximate surface area is 127 Å². The average Bonchev–Trinajstić information content (AvgIpc) is 2.74. The van der Waals surface area contributed by atoms with Gasteiger partial charge >= 0.3 is 0 Å². The molecule has 0 N–H and O–H groups in total. The zero-order chi connectivity index (χ0) is 14.9. The van der Waals surface area contributed by atoms with Gasteiger partial charge in [-0.3, -0.25) is 0 Å². The molecular weight excluding hydrogens is 377 g/mol. The van der Waals surface area contributed by atoms with Gasteiger partial charge in [-0.1, -0.05) is 0 Å². The standard InChI is InChI=1S/C10H8BrClFN3O3S/c1-16-5-14-15-10(16)4-19-8-3-7(13)9(2-6(8)11)20(12,17)18/h2-3,5H,4H2,1H3. The summed E-state index contributed by atoms with van der Waals surface area (Å²) in [6.07, 6.45) is 1.50. The largest absolute Gasteiger partial charge is 0.484 e. The summed E-state index contributed by atoms with van der Waals surface area (Å²) in [4.78, 5) is -0.614. The van der Waals surface area contributed by atoms with Crippen LogP contribution in [0, 0.1) is 5.82 Å². The van der Waals surface area contributed by atoms with Crippen LogP contribution in [-0.2, 0) is 22.7 Å². The summed E-state index contributed by atoms with van der Waals surface area (Å²) in [5.41, 5.74) is 0. The van der Waals surface area contributed by atoms with Crippen molar-refractivity contribution in [3.8, 4) is 5.75 Å². The zero-order valence-corrected chi connectivity index (χ0v) is 13.2. The molecule has 20 heavy (non-hydrogen) atoms. The monoisotopic (exact) mass is 383 g/mol. The van der Waals surface area contributed by atoms with E-state index in [1.54, 1.807) is 11.6 Å². The molecule has 0 saturated heterocycles. The van der Waals surface area contributed by atoms with E-state index in [4.69, 9.17) is 15.4 Å². The maximum Gasteiger partial charge on any atom is 0.264 e. The molecule has 0 amide bonds. The van der Waals surface area contributed by atoms with Gasteiger partial charge in [0.1, 0.15) is 29.4 Å². The van der Waals surface area contributed by atoms with Crippen molar-refractivity contribution in [3.05, 3.63) is 34.6 Å². The molecule has 108 valence electrons. The molecule has 10 heteroatoms. The van der Waals surface area contributed by atoms with Gasteiger partial charge in [-0.15, -0.1) is 10.2 Å². The van der Waals surface area contributed by atoms with Crippen LogP contribution in [0.4, 0.5) is 4.39 Å². The van der Waals surface area contributed by atoms with E-state index in [0.717, 1.165) is 12.1 Å². The van der Waals surface area contributed by atoms with Gasteiger partial charge in [0, 0.05) is 23.8 Å². The van der Waals surface area contributed by atoms with Gasteiger partial charge in [-0.2, -0.15) is 0 Å². The molecule has 2 rings (SSSR count). The van der Waals surface area contributed by atoms with Crippen molar-refractivity contribution in [1.82, 2.24) is 14.8 Å². The van der Waals surface area contributed by atoms with Crippen LogP contribution >= 0.6 is 26.6 Å². The van der Waals surface area contributed by atoms with Crippen molar-refractivity contribution < 1.29 is 17.5 Å². The third-order valence-corrected chi connectivity index (χ3v) is 4.37. The van der Waals surface area contributed by atoms with E-state index in [-0.39, 0.29) is 16.8 Å². The first kappa shape index (κ1) is 15.2. The molecule has 0 bridgehead atoms. The predicted molar refractivity (Wildman–Crippen MR) is 72.5 cm³/mol. The number of rotatable bonds is 4. The van der Waals surface area contributed by atoms with Gasteiger partial charge in [-0.25, -0.2) is 12.8 Å². The van der Waals surface area contributed by atoms with Crippen molar-refractivity contribution in [2.24, 2.45) is 7.05 Å². The molecule has 1 aromatic carbocycles. The zero-order valence-electron chi connectivity index (χ0n) is 10.0. The van der Waals surface area contributed by atoms with Crippen LogP contribution in [0.25, 0.3) is 0 Å². The van der Waals surface area contributed by atoms with Crippen LogP contribution < -0.4 is 4.74 Å². The topological polar surface area (TPSA) is 74.1 Å². The molecule has 0 saturated carbocycles. The van der Waals surface area contributed by atoms with Crippen LogP contribution in [0.5, 0.6) is 5.75 Å². The van der Waals surface area contributed by atoms with E-state index < -0.39 is 19.8 Å². The van der Waals surface area contributed by atoms with Gasteiger partial charge < -0.3 is 9.30 Å². The highest BCUT2D eigenvalue weighted by Crippen LogP contribution is 2.32. The Morgan fingerprint density at radius 3 is 2.75 bits per heavy atom. The Kier molecular flexibility index (Phi) is 4.31. The van der Waals surface area contributed by atoms with Crippen molar-refractivity contribution in [2.45, 2.75) is 11.5 Å². The minimum absolute atomic E-state index is 0.0571. The summed E-state index contributed by atoms with van der Waals surface area (Å²) in [6, 6.07) is 1.99. The highest BCUT2D eigenvalue weighted by atomic mass is 79.9. The van der Waals surface area contributed by atoms with Gasteiger partial charge in [0.15, 0.2) is 5.82 Å². The first-order valence-electron chi connectivity index (χ1n) is 5.18. The number of hydrogen-bond donors (Lipinski definition) is 0. The van der Waals surface area contributed by atoms with Crippen molar-refractivity contribution in [3.63, 3.8) is 0 Å². The number of halogens is 3. The van der Waals surface area contributed by atoms with Crippen LogP contribution in [0.3, 0.4) is 0 Å². The molecule has 2 aromatic rings. The first-order chi connectivity index (χ1) is 9.29. The van der Waals surface area contributed by atoms with E-state index in [1.165, 1.54) is 6.33 Å². The Morgan fingerprint density at radius 2 is 2.20 bits per heavy atom. The van der Waals surface area contributed by atoms with Crippen LogP contribution in [-0.4, -0.2) is 23.2 Å². The molecule has 0 atom stereocenters. The molecule has 6 nitrogen and oxygen atoms in total. The summed E-state index contributed by atoms with van der Waals surface area (Å²) >= 11 is 3.10. The average molecular weight is 385 g/mol. The normalized spacial score (nSPS) is 11.6. The van der Waals surface area contributed by atoms with E-state index in [1.807, 2.05) is 0 Å². The summed E-state index contributed by atoms with van der Waals surface area (Å²) in [6.45, 7) is 0.0571. The number of nitrogens with zero attached hydrogens (tertiary/aromatic N) is 3. The molecule has 1 aromatic heterocycles. The Bertz CT molecular complexity index is 750. The summed E-state index contributed by atoms with van der Waals surface area (Å²) in [5, 5.41) is 7.47. The summed E-state index contributed by atoms with van der Waals surface area (Å²) in [7, 11) is 2.70. The fourth-order valence-corrected chi connectivity index (χ4v) is 2.90. The fraction of sp³-hybridized carbons (Fsp3) is 0.200. The number of benzene rings is 1. The molecule has 1 heterocycles. The fourth-order valence-electron chi connectivity index (χ4n) is 1.39. The Morgan fingerprint density at radius 1 is 1.50 bits per heavy atom. The second kappa shape index (κ2) is 5.66. The Balaban J connectivity index is 2.26. The molecule has 0 fully saturated rings. The SMILES string of the molecule is Cn1cnnc1COc1cc(F)c(S(=O)(=O)Cl)cc1Br. The van der Waals surface area contributed by atoms with Gasteiger partial charge in [0.05, 0.1) is 4.47 Å². The highest BCUT2D eigenvalue weighted by Gasteiger charge is 2.19. The lowest BCUT2D eigenvalue weighted by Crippen LogP contribution is -2.04. The van der Waals surface area contributed by atoms with E-state index in [9.17, 15) is 12.8 Å². The number of hydrogen-bond acceptors (Lipinski definition) is 5. The lowest BCUT2D eigenvalue weighted by Gasteiger charge is -2.09. The van der Waals surface area contributed by atoms with E-state index >= 15 is 0 Å². The highest BCUT2D eigenvalue weighted by molar-refractivity contribution is 9.10. The van der Waals surface area contributed by atoms with E-state index in [2.05, 4.69) is 26.1 Å². The molecular formula is C10H8BrClFN3O3S. The molecule has 0 unspecified atom stereocenters. The molecule has 0 aliphatic heterocycles. The van der Waals surface area contributed by atoms with Crippen molar-refractivity contribution in [1.29, 1.82) is 0 Å². The third-order valence-electron chi connectivity index (χ3n) is 2.41. The third kappa shape index (κ3) is 3.28. The summed E-state index contributed by atoms with van der Waals surface area (Å²) in [5.74, 6) is -0.322. The molecule has 0 aliphatic carbocycles. The second-order valence-corrected chi connectivity index (χ2v) is 7.19. The van der Waals surface area contributed by atoms with Crippen LogP contribution in [0.15, 0.2) is 27.8 Å². The quantitative estimate of drug-likeness (QED) is 0.756. The molecule has 0 aliphatic rings. The van der Waals surface area contributed by atoms with Gasteiger partial charge in [-0.05, 0) is 22.0 Å². The lowest BCUT2D eigenvalue weighted by molar-refractivity contribution is 0.287. The number of aryl methyl sites for hydroxylation is 1. The number of aromatic nitrogens is 3. The Hall–Kier alpha value is -1.19. The van der Waals surface area contributed by atoms with Gasteiger partial charge in [0.25, 0.3) is 9.05 Å². The van der Waals surface area contributed by atoms with Crippen LogP contribution in [0.1, 0.15) is 5.82 Å². The first-order valence-corrected chi connectivity index (χ1v) is 8.28. The smallest absolute Gasteiger partial charge is 0.264 e. The van der Waals surface area contributed by atoms with Gasteiger partial charge in [0.2, 0.25) is 0 Å². The summed E-state index contributed by atoms with van der Waals surface area (Å²) < 4.78 is 43.2. The molecule has 0 spiro atoms. The predicted octanol–water partition coefficient (Wildman–Crippen LogP) is 2.22. The number of ether oxygens (including phenoxy) is 1. The van der Waals surface area contributed by atoms with Crippen LogP contribution in [0.2, 0.25) is 0 Å². The minimum atomic E-state index is -4.15. The minimum Gasteiger partial charge on any atom is -0.484 e. The maximum atomic E-state index is 13.7. The molecule has 0 radical (unpaired) electrons. The second-order valence-electron chi connectivity index (χ2n) is 3.80. The maximum absolute atomic E-state index is 13.7. The van der Waals surface area contributed by atoms with Crippen molar-refractivity contribution in [2.75, 3.05) is 0 Å².